The summed E-state index contributed by atoms with van der Waals surface area (Å²) in [7, 11) is 3.32. The molecule has 0 N–H and O–H groups in total. The third kappa shape index (κ3) is 3.99. The van der Waals surface area contributed by atoms with Gasteiger partial charge in [0.25, 0.3) is 0 Å². The SMILES string of the molecule is CCCc1ccc(OCC)c(-c2ccc(OC)c(OC)c2)c1-c1ccccc1. The van der Waals surface area contributed by atoms with Crippen molar-refractivity contribution in [3.8, 4) is 39.5 Å². The van der Waals surface area contributed by atoms with E-state index in [-0.39, 0.29) is 0 Å². The van der Waals surface area contributed by atoms with Crippen LogP contribution in [0.5, 0.6) is 17.2 Å². The first-order valence-electron chi connectivity index (χ1n) is 9.79. The highest BCUT2D eigenvalue weighted by Gasteiger charge is 2.19. The molecule has 0 atom stereocenters. The standard InChI is InChI=1S/C25H28O3/c1-5-10-18-13-16-22(28-6-2)25(24(18)19-11-8-7-9-12-19)20-14-15-21(26-3)23(17-20)27-4/h7-9,11-17H,5-6,10H2,1-4H3. The number of methoxy groups -OCH3 is 2. The molecule has 28 heavy (non-hydrogen) atoms. The lowest BCUT2D eigenvalue weighted by atomic mass is 9.88. The Bertz CT molecular complexity index is 917. The van der Waals surface area contributed by atoms with E-state index in [1.165, 1.54) is 16.7 Å². The Hall–Kier alpha value is -2.94. The monoisotopic (exact) mass is 376 g/mol. The lowest BCUT2D eigenvalue weighted by molar-refractivity contribution is 0.341. The van der Waals surface area contributed by atoms with Crippen LogP contribution in [0.25, 0.3) is 22.3 Å². The Morgan fingerprint density at radius 3 is 2.04 bits per heavy atom. The van der Waals surface area contributed by atoms with Crippen LogP contribution in [0.2, 0.25) is 0 Å². The van der Waals surface area contributed by atoms with Crippen LogP contribution < -0.4 is 14.2 Å². The molecule has 0 aliphatic rings. The minimum absolute atomic E-state index is 0.613. The lowest BCUT2D eigenvalue weighted by Gasteiger charge is -2.20. The quantitative estimate of drug-likeness (QED) is 0.456. The molecule has 0 bridgehead atoms. The van der Waals surface area contributed by atoms with Gasteiger partial charge in [-0.25, -0.2) is 0 Å². The topological polar surface area (TPSA) is 27.7 Å². The van der Waals surface area contributed by atoms with Gasteiger partial charge in [-0.1, -0.05) is 55.8 Å². The fraction of sp³-hybridized carbons (Fsp3) is 0.280. The lowest BCUT2D eigenvalue weighted by Crippen LogP contribution is -2.00. The van der Waals surface area contributed by atoms with Crippen LogP contribution in [0.4, 0.5) is 0 Å². The predicted octanol–water partition coefficient (Wildman–Crippen LogP) is 6.39. The van der Waals surface area contributed by atoms with Crippen molar-refractivity contribution in [2.75, 3.05) is 20.8 Å². The fourth-order valence-electron chi connectivity index (χ4n) is 3.59. The van der Waals surface area contributed by atoms with Gasteiger partial charge in [0.1, 0.15) is 5.75 Å². The minimum Gasteiger partial charge on any atom is -0.493 e. The first kappa shape index (κ1) is 19.8. The summed E-state index contributed by atoms with van der Waals surface area (Å²) >= 11 is 0. The molecule has 3 nitrogen and oxygen atoms in total. The van der Waals surface area contributed by atoms with E-state index in [4.69, 9.17) is 14.2 Å². The third-order valence-corrected chi connectivity index (χ3v) is 4.81. The number of rotatable bonds is 8. The Kier molecular flexibility index (Phi) is 6.59. The van der Waals surface area contributed by atoms with Gasteiger partial charge in [0, 0.05) is 5.56 Å². The maximum absolute atomic E-state index is 6.04. The molecule has 0 aliphatic carbocycles. The van der Waals surface area contributed by atoms with Gasteiger partial charge in [0.15, 0.2) is 11.5 Å². The van der Waals surface area contributed by atoms with E-state index in [0.717, 1.165) is 35.5 Å². The molecule has 146 valence electrons. The first-order chi connectivity index (χ1) is 13.7. The molecule has 0 aliphatic heterocycles. The molecule has 0 saturated heterocycles. The van der Waals surface area contributed by atoms with E-state index in [1.54, 1.807) is 14.2 Å². The summed E-state index contributed by atoms with van der Waals surface area (Å²) in [6, 6.07) is 20.9. The van der Waals surface area contributed by atoms with Crippen LogP contribution >= 0.6 is 0 Å². The molecule has 0 spiro atoms. The highest BCUT2D eigenvalue weighted by atomic mass is 16.5. The van der Waals surface area contributed by atoms with Crippen molar-refractivity contribution < 1.29 is 14.2 Å². The van der Waals surface area contributed by atoms with Gasteiger partial charge < -0.3 is 14.2 Å². The van der Waals surface area contributed by atoms with E-state index in [1.807, 2.05) is 25.1 Å². The van der Waals surface area contributed by atoms with Gasteiger partial charge in [-0.3, -0.25) is 0 Å². The molecule has 0 unspecified atom stereocenters. The smallest absolute Gasteiger partial charge is 0.161 e. The van der Waals surface area contributed by atoms with E-state index >= 15 is 0 Å². The maximum atomic E-state index is 6.04. The second-order valence-corrected chi connectivity index (χ2v) is 6.59. The van der Waals surface area contributed by atoms with Gasteiger partial charge in [-0.05, 0) is 53.8 Å². The number of benzene rings is 3. The van der Waals surface area contributed by atoms with Crippen molar-refractivity contribution in [1.29, 1.82) is 0 Å². The van der Waals surface area contributed by atoms with Crippen LogP contribution in [0.15, 0.2) is 60.7 Å². The van der Waals surface area contributed by atoms with Crippen LogP contribution in [-0.4, -0.2) is 20.8 Å². The molecule has 3 aromatic rings. The Labute approximate surface area is 167 Å². The van der Waals surface area contributed by atoms with Crippen molar-refractivity contribution in [2.24, 2.45) is 0 Å². The molecule has 3 heteroatoms. The summed E-state index contributed by atoms with van der Waals surface area (Å²) in [6.45, 7) is 4.84. The zero-order valence-electron chi connectivity index (χ0n) is 17.1. The third-order valence-electron chi connectivity index (χ3n) is 4.81. The Balaban J connectivity index is 2.32. The number of hydrogen-bond donors (Lipinski definition) is 0. The summed E-state index contributed by atoms with van der Waals surface area (Å²) < 4.78 is 17.0. The Morgan fingerprint density at radius 1 is 0.679 bits per heavy atom. The average molecular weight is 376 g/mol. The highest BCUT2D eigenvalue weighted by Crippen LogP contribution is 2.44. The van der Waals surface area contributed by atoms with Crippen LogP contribution in [-0.2, 0) is 6.42 Å². The summed E-state index contributed by atoms with van der Waals surface area (Å²) in [6.07, 6.45) is 2.09. The molecule has 0 heterocycles. The van der Waals surface area contributed by atoms with Gasteiger partial charge in [-0.15, -0.1) is 0 Å². The summed E-state index contributed by atoms with van der Waals surface area (Å²) in [5.74, 6) is 2.31. The number of ether oxygens (including phenoxy) is 3. The molecule has 0 aromatic heterocycles. The van der Waals surface area contributed by atoms with Crippen molar-refractivity contribution in [3.05, 3.63) is 66.2 Å². The molecular weight excluding hydrogens is 348 g/mol. The van der Waals surface area contributed by atoms with Gasteiger partial charge in [-0.2, -0.15) is 0 Å². The van der Waals surface area contributed by atoms with Crippen molar-refractivity contribution in [3.63, 3.8) is 0 Å². The van der Waals surface area contributed by atoms with Gasteiger partial charge in [0.05, 0.1) is 20.8 Å². The Morgan fingerprint density at radius 2 is 1.39 bits per heavy atom. The summed E-state index contributed by atoms with van der Waals surface area (Å²) in [4.78, 5) is 0. The zero-order chi connectivity index (χ0) is 19.9. The molecule has 0 amide bonds. The molecule has 0 fully saturated rings. The molecule has 3 rings (SSSR count). The zero-order valence-corrected chi connectivity index (χ0v) is 17.1. The maximum Gasteiger partial charge on any atom is 0.161 e. The fourth-order valence-corrected chi connectivity index (χ4v) is 3.59. The molecule has 3 aromatic carbocycles. The van der Waals surface area contributed by atoms with Crippen molar-refractivity contribution >= 4 is 0 Å². The first-order valence-corrected chi connectivity index (χ1v) is 9.79. The number of aryl methyl sites for hydroxylation is 1. The minimum atomic E-state index is 0.613. The second-order valence-electron chi connectivity index (χ2n) is 6.59. The van der Waals surface area contributed by atoms with Gasteiger partial charge >= 0.3 is 0 Å². The largest absolute Gasteiger partial charge is 0.493 e. The molecular formula is C25H28O3. The predicted molar refractivity (Wildman–Crippen MR) is 116 cm³/mol. The van der Waals surface area contributed by atoms with Crippen molar-refractivity contribution in [1.82, 2.24) is 0 Å². The van der Waals surface area contributed by atoms with E-state index in [9.17, 15) is 0 Å². The van der Waals surface area contributed by atoms with Gasteiger partial charge in [0.2, 0.25) is 0 Å². The second kappa shape index (κ2) is 9.32. The normalized spacial score (nSPS) is 10.6. The van der Waals surface area contributed by atoms with Crippen molar-refractivity contribution in [2.45, 2.75) is 26.7 Å². The summed E-state index contributed by atoms with van der Waals surface area (Å²) in [5.41, 5.74) is 5.89. The summed E-state index contributed by atoms with van der Waals surface area (Å²) in [5, 5.41) is 0. The van der Waals surface area contributed by atoms with E-state index < -0.39 is 0 Å². The average Bonchev–Trinajstić information content (AvgIpc) is 2.75. The van der Waals surface area contributed by atoms with Crippen LogP contribution in [0, 0.1) is 0 Å². The molecule has 0 radical (unpaired) electrons. The van der Waals surface area contributed by atoms with Crippen LogP contribution in [0.1, 0.15) is 25.8 Å². The van der Waals surface area contributed by atoms with E-state index in [2.05, 4.69) is 49.4 Å². The highest BCUT2D eigenvalue weighted by molar-refractivity contribution is 5.90. The van der Waals surface area contributed by atoms with Crippen LogP contribution in [0.3, 0.4) is 0 Å². The van der Waals surface area contributed by atoms with E-state index in [0.29, 0.717) is 12.4 Å². The number of hydrogen-bond acceptors (Lipinski definition) is 3. The molecule has 0 saturated carbocycles.